The van der Waals surface area contributed by atoms with E-state index >= 15 is 0 Å². The Bertz CT molecular complexity index is 1220. The molecule has 0 aliphatic rings. The lowest BCUT2D eigenvalue weighted by molar-refractivity contribution is -0.140. The zero-order valence-electron chi connectivity index (χ0n) is 21.1. The van der Waals surface area contributed by atoms with Gasteiger partial charge in [0.05, 0.1) is 5.75 Å². The van der Waals surface area contributed by atoms with Gasteiger partial charge in [0.2, 0.25) is 11.8 Å². The molecule has 3 aromatic carbocycles. The summed E-state index contributed by atoms with van der Waals surface area (Å²) in [4.78, 5) is 28.6. The van der Waals surface area contributed by atoms with Gasteiger partial charge in [0.15, 0.2) is 0 Å². The van der Waals surface area contributed by atoms with Crippen molar-refractivity contribution in [2.45, 2.75) is 51.1 Å². The van der Waals surface area contributed by atoms with Crippen LogP contribution in [0.1, 0.15) is 37.5 Å². The molecule has 0 saturated carbocycles. The minimum atomic E-state index is -0.826. The molecule has 3 rings (SSSR count). The van der Waals surface area contributed by atoms with Crippen molar-refractivity contribution < 1.29 is 14.0 Å². The first-order chi connectivity index (χ1) is 17.5. The zero-order valence-corrected chi connectivity index (χ0v) is 23.5. The van der Waals surface area contributed by atoms with E-state index in [4.69, 9.17) is 23.2 Å². The number of nitrogens with zero attached hydrogens (tertiary/aromatic N) is 1. The summed E-state index contributed by atoms with van der Waals surface area (Å²) in [5, 5.41) is 4.08. The van der Waals surface area contributed by atoms with Crippen molar-refractivity contribution in [3.8, 4) is 0 Å². The van der Waals surface area contributed by atoms with Crippen LogP contribution in [0.3, 0.4) is 0 Å². The number of nitrogens with one attached hydrogen (secondary N) is 1. The van der Waals surface area contributed by atoms with E-state index in [0.717, 1.165) is 11.1 Å². The highest BCUT2D eigenvalue weighted by Crippen LogP contribution is 2.26. The van der Waals surface area contributed by atoms with Gasteiger partial charge in [0.25, 0.3) is 0 Å². The second-order valence-electron chi connectivity index (χ2n) is 9.79. The van der Waals surface area contributed by atoms with Crippen LogP contribution < -0.4 is 5.32 Å². The average Bonchev–Trinajstić information content (AvgIpc) is 2.83. The van der Waals surface area contributed by atoms with Crippen LogP contribution in [0.5, 0.6) is 0 Å². The normalized spacial score (nSPS) is 12.2. The maximum absolute atomic E-state index is 14.7. The van der Waals surface area contributed by atoms with Crippen molar-refractivity contribution in [3.63, 3.8) is 0 Å². The number of benzene rings is 3. The fourth-order valence-corrected chi connectivity index (χ4v) is 5.26. The van der Waals surface area contributed by atoms with Gasteiger partial charge in [-0.2, -0.15) is 0 Å². The highest BCUT2D eigenvalue weighted by atomic mass is 35.5. The fraction of sp³-hybridized carbons (Fsp3) is 0.310. The molecule has 8 heteroatoms. The fourth-order valence-electron chi connectivity index (χ4n) is 3.79. The van der Waals surface area contributed by atoms with Gasteiger partial charge < -0.3 is 10.2 Å². The Kier molecular flexibility index (Phi) is 10.4. The molecule has 4 nitrogen and oxygen atoms in total. The van der Waals surface area contributed by atoms with Gasteiger partial charge in [0.1, 0.15) is 11.9 Å². The third-order valence-electron chi connectivity index (χ3n) is 5.57. The van der Waals surface area contributed by atoms with Crippen LogP contribution in [0.2, 0.25) is 10.0 Å². The molecule has 0 bridgehead atoms. The number of hydrogen-bond donors (Lipinski definition) is 1. The molecule has 0 aromatic heterocycles. The summed E-state index contributed by atoms with van der Waals surface area (Å²) in [6.45, 7) is 5.64. The molecule has 0 saturated heterocycles. The van der Waals surface area contributed by atoms with Gasteiger partial charge in [0, 0.05) is 39.9 Å². The van der Waals surface area contributed by atoms with E-state index < -0.39 is 17.4 Å². The molecule has 3 aromatic rings. The molecule has 0 unspecified atom stereocenters. The van der Waals surface area contributed by atoms with E-state index in [1.54, 1.807) is 30.3 Å². The average molecular weight is 562 g/mol. The Morgan fingerprint density at radius 1 is 0.973 bits per heavy atom. The first kappa shape index (κ1) is 29.0. The minimum Gasteiger partial charge on any atom is -0.350 e. The summed E-state index contributed by atoms with van der Waals surface area (Å²) >= 11 is 13.7. The summed E-state index contributed by atoms with van der Waals surface area (Å²) in [5.41, 5.74) is 1.61. The van der Waals surface area contributed by atoms with E-state index in [-0.39, 0.29) is 24.1 Å². The van der Waals surface area contributed by atoms with Crippen LogP contribution >= 0.6 is 35.0 Å². The van der Waals surface area contributed by atoms with E-state index in [9.17, 15) is 14.0 Å². The molecular weight excluding hydrogens is 530 g/mol. The van der Waals surface area contributed by atoms with Gasteiger partial charge >= 0.3 is 0 Å². The predicted octanol–water partition coefficient (Wildman–Crippen LogP) is 6.92. The zero-order chi connectivity index (χ0) is 27.0. The van der Waals surface area contributed by atoms with Crippen LogP contribution in [0.25, 0.3) is 0 Å². The predicted molar refractivity (Wildman–Crippen MR) is 151 cm³/mol. The Labute approximate surface area is 232 Å². The second-order valence-corrected chi connectivity index (χ2v) is 11.6. The molecule has 1 N–H and O–H groups in total. The number of rotatable bonds is 10. The van der Waals surface area contributed by atoms with E-state index in [2.05, 4.69) is 5.32 Å². The number of halogens is 3. The minimum absolute atomic E-state index is 0.0250. The highest BCUT2D eigenvalue weighted by molar-refractivity contribution is 7.99. The Morgan fingerprint density at radius 2 is 1.65 bits per heavy atom. The largest absolute Gasteiger partial charge is 0.350 e. The molecule has 0 radical (unpaired) electrons. The smallest absolute Gasteiger partial charge is 0.243 e. The van der Waals surface area contributed by atoms with E-state index in [0.29, 0.717) is 27.8 Å². The summed E-state index contributed by atoms with van der Waals surface area (Å²) in [6.07, 6.45) is 0.302. The van der Waals surface area contributed by atoms with Crippen molar-refractivity contribution >= 4 is 46.8 Å². The SMILES string of the molecule is CC(C)(C)NC(=O)[C@H](Cc1ccccc1)N(Cc1ccccc1F)C(=O)CSCc1ccc(Cl)cc1Cl. The van der Waals surface area contributed by atoms with Gasteiger partial charge in [-0.1, -0.05) is 77.8 Å². The molecule has 37 heavy (non-hydrogen) atoms. The van der Waals surface area contributed by atoms with Crippen LogP contribution in [0.4, 0.5) is 4.39 Å². The van der Waals surface area contributed by atoms with Crippen LogP contribution in [-0.2, 0) is 28.3 Å². The first-order valence-corrected chi connectivity index (χ1v) is 13.8. The summed E-state index contributed by atoms with van der Waals surface area (Å²) < 4.78 is 14.7. The third-order valence-corrected chi connectivity index (χ3v) is 7.12. The van der Waals surface area contributed by atoms with Gasteiger partial charge in [-0.05, 0) is 50.1 Å². The third kappa shape index (κ3) is 9.06. The highest BCUT2D eigenvalue weighted by Gasteiger charge is 2.32. The van der Waals surface area contributed by atoms with Crippen molar-refractivity contribution in [2.24, 2.45) is 0 Å². The van der Waals surface area contributed by atoms with Gasteiger partial charge in [-0.15, -0.1) is 11.8 Å². The second kappa shape index (κ2) is 13.3. The first-order valence-electron chi connectivity index (χ1n) is 11.9. The van der Waals surface area contributed by atoms with Crippen molar-refractivity contribution in [3.05, 3.63) is 105 Å². The molecular formula is C29H31Cl2FN2O2S. The molecule has 1 atom stereocenters. The number of amides is 2. The van der Waals surface area contributed by atoms with Crippen LogP contribution in [0.15, 0.2) is 72.8 Å². The Hall–Kier alpha value is -2.54. The quantitative estimate of drug-likeness (QED) is 0.292. The number of carbonyl (C=O) groups is 2. The van der Waals surface area contributed by atoms with Crippen molar-refractivity contribution in [2.75, 3.05) is 5.75 Å². The van der Waals surface area contributed by atoms with Crippen molar-refractivity contribution in [1.29, 1.82) is 0 Å². The lowest BCUT2D eigenvalue weighted by atomic mass is 10.0. The van der Waals surface area contributed by atoms with Gasteiger partial charge in [-0.25, -0.2) is 4.39 Å². The molecule has 0 fully saturated rings. The molecule has 0 heterocycles. The maximum atomic E-state index is 14.7. The van der Waals surface area contributed by atoms with E-state index in [1.165, 1.54) is 22.7 Å². The lowest BCUT2D eigenvalue weighted by Crippen LogP contribution is -2.54. The van der Waals surface area contributed by atoms with Crippen LogP contribution in [-0.4, -0.2) is 34.0 Å². The number of carbonyl (C=O) groups excluding carboxylic acids is 2. The monoisotopic (exact) mass is 560 g/mol. The molecule has 196 valence electrons. The Morgan fingerprint density at radius 3 is 2.30 bits per heavy atom. The summed E-state index contributed by atoms with van der Waals surface area (Å²) in [7, 11) is 0. The standard InChI is InChI=1S/C29H31Cl2FN2O2S/c1-29(2,3)33-28(36)26(15-20-9-5-4-6-10-20)34(17-21-11-7-8-12-25(21)32)27(35)19-37-18-22-13-14-23(30)16-24(22)31/h4-14,16,26H,15,17-19H2,1-3H3,(H,33,36)/t26-/m0/s1. The number of hydrogen-bond acceptors (Lipinski definition) is 3. The lowest BCUT2D eigenvalue weighted by Gasteiger charge is -2.34. The molecule has 0 aliphatic carbocycles. The molecule has 2 amide bonds. The maximum Gasteiger partial charge on any atom is 0.243 e. The topological polar surface area (TPSA) is 49.4 Å². The summed E-state index contributed by atoms with van der Waals surface area (Å²) in [5.74, 6) is -0.375. The molecule has 0 aliphatic heterocycles. The van der Waals surface area contributed by atoms with Crippen LogP contribution in [0, 0.1) is 5.82 Å². The Balaban J connectivity index is 1.88. The summed E-state index contributed by atoms with van der Waals surface area (Å²) in [6, 6.07) is 20.3. The van der Waals surface area contributed by atoms with Crippen molar-refractivity contribution in [1.82, 2.24) is 10.2 Å². The van der Waals surface area contributed by atoms with Gasteiger partial charge in [-0.3, -0.25) is 9.59 Å². The number of thioether (sulfide) groups is 1. The molecule has 0 spiro atoms. The van der Waals surface area contributed by atoms with E-state index in [1.807, 2.05) is 57.2 Å².